The summed E-state index contributed by atoms with van der Waals surface area (Å²) in [5.41, 5.74) is -0.00455. The van der Waals surface area contributed by atoms with Crippen LogP contribution in [0.2, 0.25) is 15.1 Å². The number of ether oxygens (including phenoxy) is 1. The number of H-pyrrole nitrogens is 1. The van der Waals surface area contributed by atoms with E-state index in [4.69, 9.17) is 39.5 Å². The van der Waals surface area contributed by atoms with Crippen molar-refractivity contribution < 1.29 is 9.53 Å². The minimum atomic E-state index is -0.836. The highest BCUT2D eigenvalue weighted by Gasteiger charge is 2.22. The molecule has 128 valence electrons. The summed E-state index contributed by atoms with van der Waals surface area (Å²) in [7, 11) is 0. The van der Waals surface area contributed by atoms with Gasteiger partial charge in [-0.1, -0.05) is 46.9 Å². The third kappa shape index (κ3) is 3.46. The lowest BCUT2D eigenvalue weighted by Gasteiger charge is -2.13. The number of benzene rings is 1. The number of esters is 1. The molecule has 0 aliphatic rings. The fraction of sp³-hybridized carbons (Fsp3) is 0.125. The molecule has 0 fully saturated rings. The lowest BCUT2D eigenvalue weighted by molar-refractivity contribution is 0.0313. The first kappa shape index (κ1) is 17.7. The topological polar surface area (TPSA) is 84.9 Å². The summed E-state index contributed by atoms with van der Waals surface area (Å²) in [6.07, 6.45) is 0.366. The van der Waals surface area contributed by atoms with Gasteiger partial charge in [-0.3, -0.25) is 4.79 Å². The SMILES string of the molecule is C[C@@H](OC(=O)c1ncc(Cl)c(Cl)c1Cl)c1nc2ccccc2c(=O)[nH]1. The van der Waals surface area contributed by atoms with Gasteiger partial charge in [-0.2, -0.15) is 0 Å². The zero-order chi connectivity index (χ0) is 18.1. The van der Waals surface area contributed by atoms with Crippen molar-refractivity contribution in [3.8, 4) is 0 Å². The Balaban J connectivity index is 1.90. The van der Waals surface area contributed by atoms with Gasteiger partial charge in [0, 0.05) is 6.20 Å². The molecule has 1 aromatic carbocycles. The first-order valence-electron chi connectivity index (χ1n) is 7.08. The summed E-state index contributed by atoms with van der Waals surface area (Å²) in [6, 6.07) is 6.84. The minimum Gasteiger partial charge on any atom is -0.450 e. The molecule has 0 bridgehead atoms. The summed E-state index contributed by atoms with van der Waals surface area (Å²) in [4.78, 5) is 35.1. The number of halogens is 3. The maximum Gasteiger partial charge on any atom is 0.359 e. The largest absolute Gasteiger partial charge is 0.450 e. The number of hydrogen-bond donors (Lipinski definition) is 1. The molecule has 0 unspecified atom stereocenters. The van der Waals surface area contributed by atoms with Gasteiger partial charge < -0.3 is 9.72 Å². The molecule has 0 aliphatic carbocycles. The van der Waals surface area contributed by atoms with Crippen LogP contribution in [0, 0.1) is 0 Å². The molecule has 1 N–H and O–H groups in total. The van der Waals surface area contributed by atoms with Gasteiger partial charge in [0.25, 0.3) is 5.56 Å². The fourth-order valence-corrected chi connectivity index (χ4v) is 2.71. The molecule has 3 rings (SSSR count). The second-order valence-electron chi connectivity index (χ2n) is 5.10. The molecule has 25 heavy (non-hydrogen) atoms. The molecule has 0 spiro atoms. The van der Waals surface area contributed by atoms with Gasteiger partial charge in [-0.15, -0.1) is 0 Å². The highest BCUT2D eigenvalue weighted by Crippen LogP contribution is 2.32. The normalized spacial score (nSPS) is 12.2. The quantitative estimate of drug-likeness (QED) is 0.668. The van der Waals surface area contributed by atoms with Crippen molar-refractivity contribution >= 4 is 51.7 Å². The Hall–Kier alpha value is -2.15. The van der Waals surface area contributed by atoms with Crippen molar-refractivity contribution in [2.24, 2.45) is 0 Å². The smallest absolute Gasteiger partial charge is 0.359 e. The van der Waals surface area contributed by atoms with Gasteiger partial charge in [0.2, 0.25) is 0 Å². The van der Waals surface area contributed by atoms with E-state index in [-0.39, 0.29) is 32.1 Å². The van der Waals surface area contributed by atoms with Crippen molar-refractivity contribution in [2.45, 2.75) is 13.0 Å². The zero-order valence-corrected chi connectivity index (χ0v) is 15.0. The summed E-state index contributed by atoms with van der Waals surface area (Å²) in [6.45, 7) is 1.57. The summed E-state index contributed by atoms with van der Waals surface area (Å²) in [5.74, 6) is -0.611. The van der Waals surface area contributed by atoms with E-state index in [1.165, 1.54) is 6.20 Å². The van der Waals surface area contributed by atoms with Crippen LogP contribution in [0.15, 0.2) is 35.3 Å². The number of carbonyl (C=O) groups is 1. The Labute approximate surface area is 156 Å². The summed E-state index contributed by atoms with van der Waals surface area (Å²) >= 11 is 17.7. The third-order valence-corrected chi connectivity index (χ3v) is 4.65. The van der Waals surface area contributed by atoms with E-state index < -0.39 is 12.1 Å². The Morgan fingerprint density at radius 1 is 1.20 bits per heavy atom. The number of aromatic nitrogens is 3. The van der Waals surface area contributed by atoms with E-state index in [0.717, 1.165) is 0 Å². The fourth-order valence-electron chi connectivity index (χ4n) is 2.15. The van der Waals surface area contributed by atoms with Crippen LogP contribution in [-0.2, 0) is 4.74 Å². The molecule has 0 radical (unpaired) electrons. The monoisotopic (exact) mass is 397 g/mol. The van der Waals surface area contributed by atoms with Gasteiger partial charge in [-0.25, -0.2) is 14.8 Å². The predicted molar refractivity (Wildman–Crippen MR) is 95.5 cm³/mol. The van der Waals surface area contributed by atoms with Crippen LogP contribution >= 0.6 is 34.8 Å². The first-order chi connectivity index (χ1) is 11.9. The summed E-state index contributed by atoms with van der Waals surface area (Å²) in [5, 5.41) is 0.470. The Morgan fingerprint density at radius 2 is 1.92 bits per heavy atom. The number of rotatable bonds is 3. The van der Waals surface area contributed by atoms with Crippen LogP contribution in [0.1, 0.15) is 29.3 Å². The number of nitrogens with zero attached hydrogens (tertiary/aromatic N) is 2. The number of nitrogens with one attached hydrogen (secondary N) is 1. The van der Waals surface area contributed by atoms with Crippen LogP contribution < -0.4 is 5.56 Å². The number of fused-ring (bicyclic) bond motifs is 1. The Kier molecular flexibility index (Phi) is 4.94. The average Bonchev–Trinajstić information content (AvgIpc) is 2.59. The second-order valence-corrected chi connectivity index (χ2v) is 6.26. The number of para-hydroxylation sites is 1. The number of carbonyl (C=O) groups excluding carboxylic acids is 1. The molecule has 3 aromatic rings. The first-order valence-corrected chi connectivity index (χ1v) is 8.21. The van der Waals surface area contributed by atoms with Crippen LogP contribution in [0.3, 0.4) is 0 Å². The second kappa shape index (κ2) is 7.00. The molecule has 9 heteroatoms. The van der Waals surface area contributed by atoms with Crippen LogP contribution in [0.4, 0.5) is 0 Å². The summed E-state index contributed by atoms with van der Waals surface area (Å²) < 4.78 is 5.28. The predicted octanol–water partition coefficient (Wildman–Crippen LogP) is 4.20. The minimum absolute atomic E-state index is 0.00942. The third-order valence-electron chi connectivity index (χ3n) is 3.41. The number of aromatic amines is 1. The standard InChI is InChI=1S/C16H10Cl3N3O3/c1-7(14-21-10-5-3-2-4-8(10)15(23)22-14)25-16(24)13-12(19)11(18)9(17)6-20-13/h2-7H,1H3,(H,21,22,23)/t7-/m1/s1. The van der Waals surface area contributed by atoms with Gasteiger partial charge in [0.15, 0.2) is 17.6 Å². The van der Waals surface area contributed by atoms with Gasteiger partial charge in [-0.05, 0) is 19.1 Å². The highest BCUT2D eigenvalue weighted by molar-refractivity contribution is 6.48. The van der Waals surface area contributed by atoms with Crippen molar-refractivity contribution in [1.29, 1.82) is 0 Å². The maximum atomic E-state index is 12.3. The Morgan fingerprint density at radius 3 is 2.68 bits per heavy atom. The lowest BCUT2D eigenvalue weighted by Crippen LogP contribution is -2.18. The van der Waals surface area contributed by atoms with Crippen molar-refractivity contribution in [3.63, 3.8) is 0 Å². The van der Waals surface area contributed by atoms with E-state index in [1.54, 1.807) is 31.2 Å². The van der Waals surface area contributed by atoms with E-state index in [1.807, 2.05) is 0 Å². The highest BCUT2D eigenvalue weighted by atomic mass is 35.5. The zero-order valence-electron chi connectivity index (χ0n) is 12.7. The van der Waals surface area contributed by atoms with E-state index in [9.17, 15) is 9.59 Å². The van der Waals surface area contributed by atoms with E-state index in [0.29, 0.717) is 10.9 Å². The van der Waals surface area contributed by atoms with Gasteiger partial charge in [0.1, 0.15) is 0 Å². The molecule has 0 saturated carbocycles. The molecule has 2 heterocycles. The average molecular weight is 399 g/mol. The Bertz CT molecular complexity index is 1040. The number of hydrogen-bond acceptors (Lipinski definition) is 5. The molecule has 2 aromatic heterocycles. The van der Waals surface area contributed by atoms with Gasteiger partial charge in [0.05, 0.1) is 26.0 Å². The van der Waals surface area contributed by atoms with Gasteiger partial charge >= 0.3 is 5.97 Å². The van der Waals surface area contributed by atoms with Crippen molar-refractivity contribution in [2.75, 3.05) is 0 Å². The molecule has 6 nitrogen and oxygen atoms in total. The molecule has 0 amide bonds. The van der Waals surface area contributed by atoms with Crippen LogP contribution in [-0.4, -0.2) is 20.9 Å². The number of pyridine rings is 1. The van der Waals surface area contributed by atoms with E-state index >= 15 is 0 Å². The molecule has 0 aliphatic heterocycles. The maximum absolute atomic E-state index is 12.3. The molecule has 0 saturated heterocycles. The van der Waals surface area contributed by atoms with Crippen LogP contribution in [0.25, 0.3) is 10.9 Å². The molecule has 1 atom stereocenters. The lowest BCUT2D eigenvalue weighted by atomic mass is 10.2. The van der Waals surface area contributed by atoms with Crippen LogP contribution in [0.5, 0.6) is 0 Å². The van der Waals surface area contributed by atoms with Crippen molar-refractivity contribution in [1.82, 2.24) is 15.0 Å². The molecular formula is C16H10Cl3N3O3. The van der Waals surface area contributed by atoms with Crippen molar-refractivity contribution in [3.05, 3.63) is 67.4 Å². The van der Waals surface area contributed by atoms with E-state index in [2.05, 4.69) is 15.0 Å². The molecular weight excluding hydrogens is 389 g/mol.